The maximum Gasteiger partial charge on any atom is 0.371 e. The first-order chi connectivity index (χ1) is 8.72. The smallest absolute Gasteiger partial charge is 0.371 e. The van der Waals surface area contributed by atoms with Gasteiger partial charge in [0.25, 0.3) is 10.0 Å². The van der Waals surface area contributed by atoms with Gasteiger partial charge in [0.1, 0.15) is 0 Å². The molecule has 2 N–H and O–H groups in total. The number of hydrogen-bond acceptors (Lipinski definition) is 5. The molecule has 19 heavy (non-hydrogen) atoms. The van der Waals surface area contributed by atoms with Crippen LogP contribution in [0.15, 0.2) is 21.6 Å². The second-order valence-electron chi connectivity index (χ2n) is 4.54. The number of aromatic carboxylic acids is 1. The van der Waals surface area contributed by atoms with Crippen molar-refractivity contribution in [1.82, 2.24) is 9.62 Å². The average molecular weight is 290 g/mol. The molecule has 7 nitrogen and oxygen atoms in total. The van der Waals surface area contributed by atoms with Crippen molar-refractivity contribution < 1.29 is 22.7 Å². The largest absolute Gasteiger partial charge is 0.475 e. The highest BCUT2D eigenvalue weighted by atomic mass is 32.2. The van der Waals surface area contributed by atoms with E-state index in [0.717, 1.165) is 18.7 Å². The molecule has 1 heterocycles. The number of nitrogens with zero attached hydrogens (tertiary/aromatic N) is 1. The normalized spacial score (nSPS) is 13.7. The fourth-order valence-corrected chi connectivity index (χ4v) is 2.62. The third-order valence-corrected chi connectivity index (χ3v) is 3.88. The predicted molar refractivity (Wildman–Crippen MR) is 68.6 cm³/mol. The van der Waals surface area contributed by atoms with Gasteiger partial charge in [-0.2, -0.15) is 0 Å². The summed E-state index contributed by atoms with van der Waals surface area (Å²) in [7, 11) is -0.0272. The summed E-state index contributed by atoms with van der Waals surface area (Å²) in [6.07, 6.45) is 0.638. The lowest BCUT2D eigenvalue weighted by Crippen LogP contribution is -2.34. The molecule has 0 aromatic carbocycles. The molecule has 0 bridgehead atoms. The van der Waals surface area contributed by atoms with E-state index in [1.807, 2.05) is 19.0 Å². The van der Waals surface area contributed by atoms with Crippen molar-refractivity contribution >= 4 is 16.0 Å². The summed E-state index contributed by atoms with van der Waals surface area (Å²) in [5.41, 5.74) is 0. The Balaban J connectivity index is 2.72. The number of carbonyl (C=O) groups is 1. The predicted octanol–water partition coefficient (Wildman–Crippen LogP) is 0.596. The highest BCUT2D eigenvalue weighted by Gasteiger charge is 2.22. The van der Waals surface area contributed by atoms with Crippen molar-refractivity contribution in [2.24, 2.45) is 0 Å². The lowest BCUT2D eigenvalue weighted by molar-refractivity contribution is 0.0656. The Morgan fingerprint density at radius 3 is 2.58 bits per heavy atom. The van der Waals surface area contributed by atoms with Gasteiger partial charge >= 0.3 is 5.97 Å². The van der Waals surface area contributed by atoms with Crippen LogP contribution >= 0.6 is 0 Å². The molecule has 0 radical (unpaired) electrons. The summed E-state index contributed by atoms with van der Waals surface area (Å²) >= 11 is 0. The van der Waals surface area contributed by atoms with Crippen LogP contribution in [0, 0.1) is 0 Å². The summed E-state index contributed by atoms with van der Waals surface area (Å²) in [4.78, 5) is 12.6. The Labute approximate surface area is 112 Å². The molecule has 1 aromatic rings. The van der Waals surface area contributed by atoms with Gasteiger partial charge in [0.05, 0.1) is 0 Å². The molecule has 0 amide bonds. The van der Waals surface area contributed by atoms with Crippen molar-refractivity contribution in [3.8, 4) is 0 Å². The fourth-order valence-electron chi connectivity index (χ4n) is 1.41. The van der Waals surface area contributed by atoms with Gasteiger partial charge in [0.15, 0.2) is 0 Å². The monoisotopic (exact) mass is 290 g/mol. The Bertz CT molecular complexity index is 535. The molecule has 0 spiro atoms. The summed E-state index contributed by atoms with van der Waals surface area (Å²) in [6.45, 7) is 2.48. The van der Waals surface area contributed by atoms with E-state index in [-0.39, 0.29) is 11.1 Å². The zero-order chi connectivity index (χ0) is 14.6. The Kier molecular flexibility index (Phi) is 5.10. The zero-order valence-corrected chi connectivity index (χ0v) is 11.9. The lowest BCUT2D eigenvalue weighted by atomic mass is 10.2. The first-order valence-corrected chi connectivity index (χ1v) is 7.21. The first-order valence-electron chi connectivity index (χ1n) is 5.72. The molecule has 108 valence electrons. The van der Waals surface area contributed by atoms with Crippen molar-refractivity contribution in [3.63, 3.8) is 0 Å². The summed E-state index contributed by atoms with van der Waals surface area (Å²) in [6, 6.07) is 1.97. The molecule has 0 aliphatic carbocycles. The van der Waals surface area contributed by atoms with Gasteiger partial charge in [0, 0.05) is 6.04 Å². The van der Waals surface area contributed by atoms with E-state index in [1.165, 1.54) is 0 Å². The van der Waals surface area contributed by atoms with Crippen molar-refractivity contribution in [2.75, 3.05) is 20.6 Å². The van der Waals surface area contributed by atoms with Crippen LogP contribution in [0.25, 0.3) is 0 Å². The third-order valence-electron chi connectivity index (χ3n) is 2.42. The van der Waals surface area contributed by atoms with Crippen molar-refractivity contribution in [2.45, 2.75) is 24.5 Å². The van der Waals surface area contributed by atoms with Crippen LogP contribution in [0.2, 0.25) is 0 Å². The van der Waals surface area contributed by atoms with E-state index in [0.29, 0.717) is 6.42 Å². The molecule has 1 atom stereocenters. The van der Waals surface area contributed by atoms with Crippen LogP contribution in [-0.4, -0.2) is 51.1 Å². The molecule has 0 saturated carbocycles. The number of carboxylic acids is 1. The Morgan fingerprint density at radius 1 is 1.47 bits per heavy atom. The first kappa shape index (κ1) is 15.7. The summed E-state index contributed by atoms with van der Waals surface area (Å²) in [5, 5.41) is 8.29. The van der Waals surface area contributed by atoms with Gasteiger partial charge in [-0.25, -0.2) is 17.9 Å². The summed E-state index contributed by atoms with van der Waals surface area (Å²) < 4.78 is 31.0. The number of carboxylic acid groups (broad SMARTS) is 1. The van der Waals surface area contributed by atoms with E-state index in [9.17, 15) is 13.2 Å². The minimum atomic E-state index is -3.82. The standard InChI is InChI=1S/C11H18N2O5S/c1-8(6-7-13(2)3)12-19(16,17)10-5-4-9(18-10)11(14)15/h4-5,8,12H,6-7H2,1-3H3,(H,14,15). The minimum Gasteiger partial charge on any atom is -0.475 e. The molecule has 0 aliphatic rings. The van der Waals surface area contributed by atoms with Crippen LogP contribution in [0.5, 0.6) is 0 Å². The van der Waals surface area contributed by atoms with E-state index in [4.69, 9.17) is 9.52 Å². The number of sulfonamides is 1. The van der Waals surface area contributed by atoms with E-state index in [2.05, 4.69) is 4.72 Å². The van der Waals surface area contributed by atoms with Gasteiger partial charge < -0.3 is 14.4 Å². The molecular weight excluding hydrogens is 272 g/mol. The zero-order valence-electron chi connectivity index (χ0n) is 11.1. The average Bonchev–Trinajstić information content (AvgIpc) is 2.75. The Hall–Kier alpha value is -1.38. The van der Waals surface area contributed by atoms with Crippen LogP contribution in [0.1, 0.15) is 23.9 Å². The molecule has 0 aliphatic heterocycles. The van der Waals surface area contributed by atoms with Gasteiger partial charge in [-0.3, -0.25) is 0 Å². The molecule has 1 aromatic heterocycles. The van der Waals surface area contributed by atoms with Gasteiger partial charge in [-0.05, 0) is 46.1 Å². The SMILES string of the molecule is CC(CCN(C)C)NS(=O)(=O)c1ccc(C(=O)O)o1. The van der Waals surface area contributed by atoms with Gasteiger partial charge in [-0.1, -0.05) is 0 Å². The number of furan rings is 1. The number of nitrogens with one attached hydrogen (secondary N) is 1. The number of rotatable bonds is 7. The maximum absolute atomic E-state index is 11.9. The molecule has 0 fully saturated rings. The highest BCUT2D eigenvalue weighted by molar-refractivity contribution is 7.89. The molecule has 8 heteroatoms. The fraction of sp³-hybridized carbons (Fsp3) is 0.545. The van der Waals surface area contributed by atoms with Crippen LogP contribution in [0.4, 0.5) is 0 Å². The quantitative estimate of drug-likeness (QED) is 0.762. The molecular formula is C11H18N2O5S. The van der Waals surface area contributed by atoms with Crippen LogP contribution < -0.4 is 4.72 Å². The van der Waals surface area contributed by atoms with E-state index in [1.54, 1.807) is 6.92 Å². The molecule has 1 unspecified atom stereocenters. The second kappa shape index (κ2) is 6.18. The third kappa shape index (κ3) is 4.66. The molecule has 1 rings (SSSR count). The summed E-state index contributed by atoms with van der Waals surface area (Å²) in [5.74, 6) is -1.71. The van der Waals surface area contributed by atoms with Gasteiger partial charge in [0.2, 0.25) is 10.9 Å². The topological polar surface area (TPSA) is 99.9 Å². The number of hydrogen-bond donors (Lipinski definition) is 2. The Morgan fingerprint density at radius 2 is 2.11 bits per heavy atom. The second-order valence-corrected chi connectivity index (χ2v) is 6.18. The lowest BCUT2D eigenvalue weighted by Gasteiger charge is -2.15. The van der Waals surface area contributed by atoms with Crippen LogP contribution in [0.3, 0.4) is 0 Å². The van der Waals surface area contributed by atoms with E-state index < -0.39 is 21.8 Å². The highest BCUT2D eigenvalue weighted by Crippen LogP contribution is 2.14. The van der Waals surface area contributed by atoms with E-state index >= 15 is 0 Å². The van der Waals surface area contributed by atoms with Crippen LogP contribution in [-0.2, 0) is 10.0 Å². The molecule has 0 saturated heterocycles. The van der Waals surface area contributed by atoms with Crippen molar-refractivity contribution in [3.05, 3.63) is 17.9 Å². The van der Waals surface area contributed by atoms with Crippen molar-refractivity contribution in [1.29, 1.82) is 0 Å². The minimum absolute atomic E-state index is 0.272. The maximum atomic E-state index is 11.9. The van der Waals surface area contributed by atoms with Gasteiger partial charge in [-0.15, -0.1) is 0 Å².